The number of aromatic nitrogens is 2. The number of carbonyl (C=O) groups is 3. The number of rotatable bonds is 7. The fraction of sp³-hybridized carbons (Fsp3) is 0.250. The van der Waals surface area contributed by atoms with Crippen LogP contribution in [0.5, 0.6) is 0 Å². The van der Waals surface area contributed by atoms with Gasteiger partial charge in [-0.05, 0) is 49.4 Å². The van der Waals surface area contributed by atoms with Gasteiger partial charge in [0.05, 0.1) is 5.69 Å². The molecule has 0 saturated heterocycles. The minimum Gasteiger partial charge on any atom is -0.383 e. The SMILES string of the molecule is CNC(=O)c1cccc(C(=O)c2ncn(-c3cc(C(=O)CC4CC4)ccc3C)c2N)c1. The molecule has 1 amide bonds. The van der Waals surface area contributed by atoms with Gasteiger partial charge in [-0.1, -0.05) is 24.3 Å². The fourth-order valence-corrected chi connectivity index (χ4v) is 3.55. The molecule has 0 spiro atoms. The van der Waals surface area contributed by atoms with Crippen LogP contribution < -0.4 is 11.1 Å². The van der Waals surface area contributed by atoms with E-state index in [1.807, 2.05) is 19.1 Å². The first-order valence-electron chi connectivity index (χ1n) is 10.2. The molecule has 7 heteroatoms. The number of benzene rings is 2. The van der Waals surface area contributed by atoms with Crippen molar-refractivity contribution >= 4 is 23.3 Å². The van der Waals surface area contributed by atoms with Gasteiger partial charge in [0.1, 0.15) is 12.1 Å². The molecule has 1 fully saturated rings. The Labute approximate surface area is 180 Å². The van der Waals surface area contributed by atoms with Crippen molar-refractivity contribution in [3.8, 4) is 5.69 Å². The smallest absolute Gasteiger partial charge is 0.251 e. The van der Waals surface area contributed by atoms with E-state index in [2.05, 4.69) is 10.3 Å². The average molecular weight is 416 g/mol. The number of hydrogen-bond acceptors (Lipinski definition) is 5. The van der Waals surface area contributed by atoms with Crippen molar-refractivity contribution in [3.63, 3.8) is 0 Å². The van der Waals surface area contributed by atoms with Gasteiger partial charge in [0.15, 0.2) is 11.5 Å². The summed E-state index contributed by atoms with van der Waals surface area (Å²) in [5.74, 6) is 0.150. The Morgan fingerprint density at radius 2 is 1.84 bits per heavy atom. The summed E-state index contributed by atoms with van der Waals surface area (Å²) in [6.45, 7) is 1.91. The second kappa shape index (κ2) is 8.18. The Bertz CT molecular complexity index is 1190. The summed E-state index contributed by atoms with van der Waals surface area (Å²) in [6.07, 6.45) is 4.28. The predicted molar refractivity (Wildman–Crippen MR) is 118 cm³/mol. The Hall–Kier alpha value is -3.74. The molecule has 4 rings (SSSR count). The van der Waals surface area contributed by atoms with Gasteiger partial charge in [-0.2, -0.15) is 0 Å². The monoisotopic (exact) mass is 416 g/mol. The lowest BCUT2D eigenvalue weighted by Gasteiger charge is -2.11. The van der Waals surface area contributed by atoms with E-state index in [-0.39, 0.29) is 29.0 Å². The van der Waals surface area contributed by atoms with Crippen LogP contribution in [-0.2, 0) is 0 Å². The van der Waals surface area contributed by atoms with Crippen LogP contribution in [0.4, 0.5) is 5.82 Å². The quantitative estimate of drug-likeness (QED) is 0.575. The summed E-state index contributed by atoms with van der Waals surface area (Å²) in [5, 5.41) is 2.54. The summed E-state index contributed by atoms with van der Waals surface area (Å²) in [6, 6.07) is 11.9. The number of amides is 1. The molecular weight excluding hydrogens is 392 g/mol. The molecule has 3 aromatic rings. The molecule has 0 atom stereocenters. The molecule has 31 heavy (non-hydrogen) atoms. The molecule has 1 aromatic heterocycles. The number of nitrogen functional groups attached to an aromatic ring is 1. The second-order valence-corrected chi connectivity index (χ2v) is 7.91. The van der Waals surface area contributed by atoms with Crippen LogP contribution in [0.3, 0.4) is 0 Å². The van der Waals surface area contributed by atoms with Crippen molar-refractivity contribution in [1.82, 2.24) is 14.9 Å². The van der Waals surface area contributed by atoms with Crippen LogP contribution in [0, 0.1) is 12.8 Å². The van der Waals surface area contributed by atoms with E-state index in [1.165, 1.54) is 19.4 Å². The molecule has 1 aliphatic rings. The van der Waals surface area contributed by atoms with E-state index < -0.39 is 0 Å². The van der Waals surface area contributed by atoms with Gasteiger partial charge >= 0.3 is 0 Å². The fourth-order valence-electron chi connectivity index (χ4n) is 3.55. The van der Waals surface area contributed by atoms with Crippen LogP contribution in [0.2, 0.25) is 0 Å². The lowest BCUT2D eigenvalue weighted by atomic mass is 10.0. The zero-order valence-corrected chi connectivity index (χ0v) is 17.5. The summed E-state index contributed by atoms with van der Waals surface area (Å²) in [4.78, 5) is 41.7. The highest BCUT2D eigenvalue weighted by molar-refractivity contribution is 6.11. The number of nitrogens with one attached hydrogen (secondary N) is 1. The second-order valence-electron chi connectivity index (χ2n) is 7.91. The molecule has 0 bridgehead atoms. The third-order valence-electron chi connectivity index (χ3n) is 5.60. The van der Waals surface area contributed by atoms with E-state index in [4.69, 9.17) is 5.73 Å². The van der Waals surface area contributed by atoms with E-state index in [1.54, 1.807) is 28.8 Å². The first kappa shape index (κ1) is 20.5. The highest BCUT2D eigenvalue weighted by Gasteiger charge is 2.25. The van der Waals surface area contributed by atoms with Crippen LogP contribution in [-0.4, -0.2) is 34.1 Å². The third-order valence-corrected chi connectivity index (χ3v) is 5.60. The number of imidazole rings is 1. The van der Waals surface area contributed by atoms with Crippen molar-refractivity contribution in [2.75, 3.05) is 12.8 Å². The zero-order valence-electron chi connectivity index (χ0n) is 17.5. The minimum absolute atomic E-state index is 0.100. The number of anilines is 1. The Kier molecular flexibility index (Phi) is 5.42. The standard InChI is InChI=1S/C24H24N4O3/c1-14-6-9-16(20(29)10-15-7-8-15)12-19(14)28-13-27-21(23(28)25)22(30)17-4-3-5-18(11-17)24(31)26-2/h3-6,9,11-13,15H,7-8,10,25H2,1-2H3,(H,26,31). The lowest BCUT2D eigenvalue weighted by molar-refractivity contribution is 0.0959. The number of carbonyl (C=O) groups excluding carboxylic acids is 3. The minimum atomic E-state index is -0.374. The van der Waals surface area contributed by atoms with Crippen LogP contribution in [0.15, 0.2) is 48.8 Å². The molecular formula is C24H24N4O3. The summed E-state index contributed by atoms with van der Waals surface area (Å²) >= 11 is 0. The third kappa shape index (κ3) is 4.12. The number of hydrogen-bond donors (Lipinski definition) is 2. The molecule has 0 unspecified atom stereocenters. The average Bonchev–Trinajstić information content (AvgIpc) is 3.52. The highest BCUT2D eigenvalue weighted by Crippen LogP contribution is 2.34. The first-order chi connectivity index (χ1) is 14.9. The van der Waals surface area contributed by atoms with Crippen molar-refractivity contribution in [1.29, 1.82) is 0 Å². The number of nitrogens with zero attached hydrogens (tertiary/aromatic N) is 2. The van der Waals surface area contributed by atoms with E-state index in [9.17, 15) is 14.4 Å². The predicted octanol–water partition coefficient (Wildman–Crippen LogP) is 3.34. The largest absolute Gasteiger partial charge is 0.383 e. The van der Waals surface area contributed by atoms with Gasteiger partial charge in [0, 0.05) is 30.2 Å². The van der Waals surface area contributed by atoms with Gasteiger partial charge in [0.2, 0.25) is 5.78 Å². The Morgan fingerprint density at radius 1 is 1.10 bits per heavy atom. The highest BCUT2D eigenvalue weighted by atomic mass is 16.1. The summed E-state index contributed by atoms with van der Waals surface area (Å²) < 4.78 is 1.62. The topological polar surface area (TPSA) is 107 Å². The normalized spacial score (nSPS) is 13.1. The molecule has 2 aromatic carbocycles. The van der Waals surface area contributed by atoms with E-state index in [0.717, 1.165) is 18.4 Å². The molecule has 3 N–H and O–H groups in total. The summed E-state index contributed by atoms with van der Waals surface area (Å²) in [5.41, 5.74) is 9.35. The number of Topliss-reactive ketones (excluding diaryl/α,β-unsaturated/α-hetero) is 1. The van der Waals surface area contributed by atoms with Crippen LogP contribution in [0.1, 0.15) is 61.6 Å². The van der Waals surface area contributed by atoms with Crippen molar-refractivity contribution in [2.45, 2.75) is 26.2 Å². The van der Waals surface area contributed by atoms with Gasteiger partial charge in [0.25, 0.3) is 5.91 Å². The van der Waals surface area contributed by atoms with Crippen LogP contribution >= 0.6 is 0 Å². The molecule has 1 heterocycles. The molecule has 0 aliphatic heterocycles. The van der Waals surface area contributed by atoms with Crippen molar-refractivity contribution < 1.29 is 14.4 Å². The molecule has 1 aliphatic carbocycles. The number of nitrogens with two attached hydrogens (primary N) is 1. The lowest BCUT2D eigenvalue weighted by Crippen LogP contribution is -2.18. The number of aryl methyl sites for hydroxylation is 1. The first-order valence-corrected chi connectivity index (χ1v) is 10.2. The van der Waals surface area contributed by atoms with E-state index in [0.29, 0.717) is 34.7 Å². The maximum absolute atomic E-state index is 13.0. The maximum atomic E-state index is 13.0. The van der Waals surface area contributed by atoms with Gasteiger partial charge in [-0.15, -0.1) is 0 Å². The van der Waals surface area contributed by atoms with Crippen molar-refractivity contribution in [3.05, 3.63) is 76.7 Å². The molecule has 158 valence electrons. The van der Waals surface area contributed by atoms with Gasteiger partial charge < -0.3 is 11.1 Å². The van der Waals surface area contributed by atoms with Crippen molar-refractivity contribution in [2.24, 2.45) is 5.92 Å². The number of ketones is 2. The Balaban J connectivity index is 1.66. The molecule has 7 nitrogen and oxygen atoms in total. The van der Waals surface area contributed by atoms with E-state index >= 15 is 0 Å². The van der Waals surface area contributed by atoms with Gasteiger partial charge in [-0.25, -0.2) is 4.98 Å². The maximum Gasteiger partial charge on any atom is 0.251 e. The van der Waals surface area contributed by atoms with Gasteiger partial charge in [-0.3, -0.25) is 19.0 Å². The molecule has 0 radical (unpaired) electrons. The summed E-state index contributed by atoms with van der Waals surface area (Å²) in [7, 11) is 1.53. The zero-order chi connectivity index (χ0) is 22.1. The van der Waals surface area contributed by atoms with Crippen LogP contribution in [0.25, 0.3) is 5.69 Å². The Morgan fingerprint density at radius 3 is 2.55 bits per heavy atom. The molecule has 1 saturated carbocycles.